The van der Waals surface area contributed by atoms with Gasteiger partial charge in [0, 0.05) is 17.7 Å². The van der Waals surface area contributed by atoms with Crippen molar-refractivity contribution in [2.45, 2.75) is 26.2 Å². The molecule has 2 aromatic carbocycles. The number of anilines is 1. The van der Waals surface area contributed by atoms with Crippen molar-refractivity contribution in [3.05, 3.63) is 65.2 Å². The first-order chi connectivity index (χ1) is 12.4. The molecule has 3 N–H and O–H groups in total. The van der Waals surface area contributed by atoms with Crippen molar-refractivity contribution in [1.82, 2.24) is 5.32 Å². The second kappa shape index (κ2) is 9.36. The summed E-state index contributed by atoms with van der Waals surface area (Å²) in [6, 6.07) is 14.6. The lowest BCUT2D eigenvalue weighted by Crippen LogP contribution is -2.29. The zero-order valence-electron chi connectivity index (χ0n) is 14.6. The van der Waals surface area contributed by atoms with Gasteiger partial charge in [0.1, 0.15) is 6.54 Å². The van der Waals surface area contributed by atoms with Crippen LogP contribution in [0.4, 0.5) is 5.69 Å². The molecule has 0 saturated heterocycles. The van der Waals surface area contributed by atoms with E-state index in [9.17, 15) is 14.4 Å². The van der Waals surface area contributed by atoms with Gasteiger partial charge in [-0.3, -0.25) is 14.4 Å². The zero-order chi connectivity index (χ0) is 18.9. The largest absolute Gasteiger partial charge is 0.480 e. The number of carbonyl (C=O) groups excluding carboxylic acids is 2. The molecule has 0 aliphatic heterocycles. The number of aliphatic carboxylic acids is 1. The molecular weight excluding hydrogens is 332 g/mol. The SMILES string of the molecule is Cc1ccc(CCCC(=O)Nc2ccc(C(=O)NCC(=O)O)cc2)cc1. The summed E-state index contributed by atoms with van der Waals surface area (Å²) in [6.45, 7) is 1.61. The Labute approximate surface area is 152 Å². The summed E-state index contributed by atoms with van der Waals surface area (Å²) < 4.78 is 0. The van der Waals surface area contributed by atoms with Gasteiger partial charge >= 0.3 is 5.97 Å². The molecule has 136 valence electrons. The highest BCUT2D eigenvalue weighted by Gasteiger charge is 2.08. The lowest BCUT2D eigenvalue weighted by molar-refractivity contribution is -0.135. The predicted octanol–water partition coefficient (Wildman–Crippen LogP) is 2.77. The van der Waals surface area contributed by atoms with E-state index in [1.807, 2.05) is 6.92 Å². The Balaban J connectivity index is 1.77. The van der Waals surface area contributed by atoms with E-state index in [0.717, 1.165) is 12.8 Å². The first kappa shape index (κ1) is 19.2. The van der Waals surface area contributed by atoms with Crippen LogP contribution in [0.2, 0.25) is 0 Å². The average molecular weight is 354 g/mol. The van der Waals surface area contributed by atoms with Crippen LogP contribution in [-0.2, 0) is 16.0 Å². The van der Waals surface area contributed by atoms with Crippen molar-refractivity contribution in [2.24, 2.45) is 0 Å². The highest BCUT2D eigenvalue weighted by Crippen LogP contribution is 2.12. The van der Waals surface area contributed by atoms with Crippen LogP contribution < -0.4 is 10.6 Å². The summed E-state index contributed by atoms with van der Waals surface area (Å²) in [5.41, 5.74) is 3.36. The van der Waals surface area contributed by atoms with Crippen molar-refractivity contribution in [3.8, 4) is 0 Å². The van der Waals surface area contributed by atoms with Gasteiger partial charge in [-0.15, -0.1) is 0 Å². The van der Waals surface area contributed by atoms with E-state index in [1.165, 1.54) is 11.1 Å². The summed E-state index contributed by atoms with van der Waals surface area (Å²) in [6.07, 6.45) is 2.01. The van der Waals surface area contributed by atoms with Gasteiger partial charge in [0.2, 0.25) is 5.91 Å². The molecule has 0 aliphatic carbocycles. The van der Waals surface area contributed by atoms with Crippen LogP contribution in [0.15, 0.2) is 48.5 Å². The van der Waals surface area contributed by atoms with E-state index in [1.54, 1.807) is 24.3 Å². The standard InChI is InChI=1S/C20H22N2O4/c1-14-5-7-15(8-6-14)3-2-4-18(23)22-17-11-9-16(10-12-17)20(26)21-13-19(24)25/h5-12H,2-4,13H2,1H3,(H,21,26)(H,22,23)(H,24,25). The smallest absolute Gasteiger partial charge is 0.322 e. The Hall–Kier alpha value is -3.15. The molecule has 0 bridgehead atoms. The van der Waals surface area contributed by atoms with E-state index >= 15 is 0 Å². The molecule has 0 radical (unpaired) electrons. The van der Waals surface area contributed by atoms with Gasteiger partial charge in [-0.1, -0.05) is 29.8 Å². The van der Waals surface area contributed by atoms with E-state index in [-0.39, 0.29) is 5.91 Å². The molecule has 0 heterocycles. The molecule has 2 amide bonds. The summed E-state index contributed by atoms with van der Waals surface area (Å²) in [5, 5.41) is 13.6. The minimum absolute atomic E-state index is 0.0832. The van der Waals surface area contributed by atoms with Crippen LogP contribution in [0.3, 0.4) is 0 Å². The minimum atomic E-state index is -1.10. The first-order valence-electron chi connectivity index (χ1n) is 8.39. The monoisotopic (exact) mass is 354 g/mol. The number of carboxylic acid groups (broad SMARTS) is 1. The van der Waals surface area contributed by atoms with Crippen molar-refractivity contribution in [2.75, 3.05) is 11.9 Å². The molecule has 6 nitrogen and oxygen atoms in total. The Morgan fingerprint density at radius 1 is 0.962 bits per heavy atom. The number of amides is 2. The van der Waals surface area contributed by atoms with Gasteiger partial charge in [0.25, 0.3) is 5.91 Å². The minimum Gasteiger partial charge on any atom is -0.480 e. The molecule has 0 unspecified atom stereocenters. The van der Waals surface area contributed by atoms with Gasteiger partial charge < -0.3 is 15.7 Å². The number of hydrogen-bond acceptors (Lipinski definition) is 3. The van der Waals surface area contributed by atoms with Crippen LogP contribution >= 0.6 is 0 Å². The fourth-order valence-electron chi connectivity index (χ4n) is 2.39. The Bertz CT molecular complexity index is 767. The highest BCUT2D eigenvalue weighted by molar-refractivity contribution is 5.97. The highest BCUT2D eigenvalue weighted by atomic mass is 16.4. The number of rotatable bonds is 8. The Kier molecular flexibility index (Phi) is 6.91. The maximum atomic E-state index is 12.0. The predicted molar refractivity (Wildman–Crippen MR) is 99.2 cm³/mol. The molecule has 2 aromatic rings. The number of benzene rings is 2. The van der Waals surface area contributed by atoms with Gasteiger partial charge in [-0.2, -0.15) is 0 Å². The van der Waals surface area contributed by atoms with Gasteiger partial charge in [0.05, 0.1) is 0 Å². The molecule has 2 rings (SSSR count). The Morgan fingerprint density at radius 3 is 2.23 bits per heavy atom. The molecule has 0 aliphatic rings. The van der Waals surface area contributed by atoms with Crippen LogP contribution in [0, 0.1) is 6.92 Å². The zero-order valence-corrected chi connectivity index (χ0v) is 14.6. The van der Waals surface area contributed by atoms with E-state index in [4.69, 9.17) is 5.11 Å². The molecule has 0 spiro atoms. The summed E-state index contributed by atoms with van der Waals surface area (Å²) >= 11 is 0. The fourth-order valence-corrected chi connectivity index (χ4v) is 2.39. The summed E-state index contributed by atoms with van der Waals surface area (Å²) in [4.78, 5) is 34.2. The summed E-state index contributed by atoms with van der Waals surface area (Å²) in [7, 11) is 0. The van der Waals surface area contributed by atoms with Crippen molar-refractivity contribution < 1.29 is 19.5 Å². The first-order valence-corrected chi connectivity index (χ1v) is 8.39. The van der Waals surface area contributed by atoms with E-state index < -0.39 is 18.4 Å². The topological polar surface area (TPSA) is 95.5 Å². The van der Waals surface area contributed by atoms with Crippen molar-refractivity contribution in [3.63, 3.8) is 0 Å². The van der Waals surface area contributed by atoms with E-state index in [2.05, 4.69) is 34.9 Å². The van der Waals surface area contributed by atoms with Crippen LogP contribution in [0.25, 0.3) is 0 Å². The summed E-state index contributed by atoms with van der Waals surface area (Å²) in [5.74, 6) is -1.66. The van der Waals surface area contributed by atoms with Crippen LogP contribution in [0.1, 0.15) is 34.3 Å². The second-order valence-electron chi connectivity index (χ2n) is 6.04. The number of hydrogen-bond donors (Lipinski definition) is 3. The normalized spacial score (nSPS) is 10.2. The lowest BCUT2D eigenvalue weighted by Gasteiger charge is -2.07. The second-order valence-corrected chi connectivity index (χ2v) is 6.04. The van der Waals surface area contributed by atoms with Gasteiger partial charge in [-0.05, 0) is 49.6 Å². The third-order valence-electron chi connectivity index (χ3n) is 3.82. The lowest BCUT2D eigenvalue weighted by atomic mass is 10.1. The van der Waals surface area contributed by atoms with Gasteiger partial charge in [0.15, 0.2) is 0 Å². The number of aryl methyl sites for hydroxylation is 2. The molecule has 0 aromatic heterocycles. The van der Waals surface area contributed by atoms with Crippen LogP contribution in [0.5, 0.6) is 0 Å². The van der Waals surface area contributed by atoms with Crippen molar-refractivity contribution in [1.29, 1.82) is 0 Å². The molecule has 26 heavy (non-hydrogen) atoms. The molecule has 0 atom stereocenters. The maximum Gasteiger partial charge on any atom is 0.322 e. The average Bonchev–Trinajstić information content (AvgIpc) is 2.62. The van der Waals surface area contributed by atoms with Gasteiger partial charge in [-0.25, -0.2) is 0 Å². The maximum absolute atomic E-state index is 12.0. The Morgan fingerprint density at radius 2 is 1.62 bits per heavy atom. The fraction of sp³-hybridized carbons (Fsp3) is 0.250. The quantitative estimate of drug-likeness (QED) is 0.679. The molecule has 6 heteroatoms. The molecule has 0 fully saturated rings. The number of nitrogens with one attached hydrogen (secondary N) is 2. The van der Waals surface area contributed by atoms with Crippen LogP contribution in [-0.4, -0.2) is 29.4 Å². The number of carbonyl (C=O) groups is 3. The number of carboxylic acids is 1. The third-order valence-corrected chi connectivity index (χ3v) is 3.82. The molecule has 0 saturated carbocycles. The third kappa shape index (κ3) is 6.39. The van der Waals surface area contributed by atoms with E-state index in [0.29, 0.717) is 17.7 Å². The molecular formula is C20H22N2O4. The van der Waals surface area contributed by atoms with Crippen molar-refractivity contribution >= 4 is 23.5 Å².